The molecule has 2 aromatic rings. The minimum Gasteiger partial charge on any atom is -0.396 e. The fraction of sp³-hybridized carbons (Fsp3) is 0.333. The second-order valence-corrected chi connectivity index (χ2v) is 3.36. The molecule has 2 heterocycles. The smallest absolute Gasteiger partial charge is 0.254 e. The number of aromatic amines is 1. The van der Waals surface area contributed by atoms with Crippen LogP contribution in [0.25, 0.3) is 5.65 Å². The highest BCUT2D eigenvalue weighted by Gasteiger charge is 2.09. The molecule has 15 heavy (non-hydrogen) atoms. The third kappa shape index (κ3) is 1.48. The molecule has 6 nitrogen and oxygen atoms in total. The summed E-state index contributed by atoms with van der Waals surface area (Å²) in [6.45, 7) is 1.71. The number of aliphatic hydroxyl groups excluding tert-OH is 1. The Morgan fingerprint density at radius 1 is 1.67 bits per heavy atom. The van der Waals surface area contributed by atoms with E-state index in [2.05, 4.69) is 10.1 Å². The summed E-state index contributed by atoms with van der Waals surface area (Å²) in [5, 5.41) is 12.9. The van der Waals surface area contributed by atoms with Gasteiger partial charge in [-0.3, -0.25) is 4.79 Å². The van der Waals surface area contributed by atoms with Crippen LogP contribution in [0.1, 0.15) is 11.3 Å². The van der Waals surface area contributed by atoms with E-state index in [0.717, 1.165) is 0 Å². The number of aryl methyl sites for hydroxylation is 1. The lowest BCUT2D eigenvalue weighted by Gasteiger charge is -2.04. The van der Waals surface area contributed by atoms with Crippen LogP contribution >= 0.6 is 0 Å². The van der Waals surface area contributed by atoms with Crippen molar-refractivity contribution in [2.24, 2.45) is 0 Å². The van der Waals surface area contributed by atoms with Crippen LogP contribution in [-0.2, 0) is 6.42 Å². The Hall–Kier alpha value is -1.82. The van der Waals surface area contributed by atoms with Crippen LogP contribution in [0, 0.1) is 6.92 Å². The zero-order valence-electron chi connectivity index (χ0n) is 8.32. The highest BCUT2D eigenvalue weighted by atomic mass is 16.3. The van der Waals surface area contributed by atoms with E-state index in [4.69, 9.17) is 10.8 Å². The number of nitrogens with zero attached hydrogens (tertiary/aromatic N) is 2. The lowest BCUT2D eigenvalue weighted by Crippen LogP contribution is -2.19. The third-order valence-electron chi connectivity index (χ3n) is 2.36. The summed E-state index contributed by atoms with van der Waals surface area (Å²) >= 11 is 0. The van der Waals surface area contributed by atoms with E-state index < -0.39 is 0 Å². The van der Waals surface area contributed by atoms with Crippen molar-refractivity contribution in [3.8, 4) is 0 Å². The molecule has 0 aliphatic rings. The molecule has 0 atom stereocenters. The number of fused-ring (bicyclic) bond motifs is 1. The van der Waals surface area contributed by atoms with Gasteiger partial charge in [0.05, 0.1) is 5.69 Å². The van der Waals surface area contributed by atoms with Gasteiger partial charge < -0.3 is 15.8 Å². The number of hydrogen-bond donors (Lipinski definition) is 3. The summed E-state index contributed by atoms with van der Waals surface area (Å²) in [6.07, 6.45) is 0.316. The number of aliphatic hydroxyl groups is 1. The van der Waals surface area contributed by atoms with E-state index >= 15 is 0 Å². The van der Waals surface area contributed by atoms with Crippen LogP contribution in [-0.4, -0.2) is 26.3 Å². The molecular weight excluding hydrogens is 196 g/mol. The third-order valence-corrected chi connectivity index (χ3v) is 2.36. The van der Waals surface area contributed by atoms with Gasteiger partial charge in [-0.15, -0.1) is 5.10 Å². The molecule has 0 aliphatic heterocycles. The monoisotopic (exact) mass is 208 g/mol. The maximum atomic E-state index is 11.6. The van der Waals surface area contributed by atoms with E-state index in [1.54, 1.807) is 17.5 Å². The zero-order valence-corrected chi connectivity index (χ0v) is 8.32. The van der Waals surface area contributed by atoms with Crippen LogP contribution in [0.2, 0.25) is 0 Å². The molecule has 0 aliphatic carbocycles. The first kappa shape index (κ1) is 9.72. The van der Waals surface area contributed by atoms with Gasteiger partial charge in [0.1, 0.15) is 11.5 Å². The summed E-state index contributed by atoms with van der Waals surface area (Å²) in [5.41, 5.74) is 7.14. The Bertz CT molecular complexity index is 555. The Balaban J connectivity index is 2.77. The van der Waals surface area contributed by atoms with Crippen molar-refractivity contribution < 1.29 is 5.11 Å². The van der Waals surface area contributed by atoms with Crippen molar-refractivity contribution in [3.05, 3.63) is 27.7 Å². The van der Waals surface area contributed by atoms with Gasteiger partial charge in [0.15, 0.2) is 0 Å². The van der Waals surface area contributed by atoms with Crippen molar-refractivity contribution in [3.63, 3.8) is 0 Å². The van der Waals surface area contributed by atoms with E-state index in [1.165, 1.54) is 0 Å². The van der Waals surface area contributed by atoms with Gasteiger partial charge in [-0.25, -0.2) is 4.52 Å². The van der Waals surface area contributed by atoms with Gasteiger partial charge in [-0.1, -0.05) is 0 Å². The molecule has 0 aromatic carbocycles. The molecule has 0 fully saturated rings. The number of hydrogen-bond acceptors (Lipinski definition) is 4. The predicted molar refractivity (Wildman–Crippen MR) is 55.8 cm³/mol. The van der Waals surface area contributed by atoms with Crippen molar-refractivity contribution in [1.82, 2.24) is 14.6 Å². The number of H-pyrrole nitrogens is 1. The first-order valence-electron chi connectivity index (χ1n) is 4.61. The normalized spacial score (nSPS) is 11.1. The van der Waals surface area contributed by atoms with Gasteiger partial charge >= 0.3 is 0 Å². The first-order valence-corrected chi connectivity index (χ1v) is 4.61. The maximum Gasteiger partial charge on any atom is 0.254 e. The lowest BCUT2D eigenvalue weighted by molar-refractivity contribution is 0.298. The van der Waals surface area contributed by atoms with E-state index in [-0.39, 0.29) is 12.2 Å². The highest BCUT2D eigenvalue weighted by Crippen LogP contribution is 2.09. The molecular formula is C9H12N4O2. The molecule has 80 valence electrons. The summed E-state index contributed by atoms with van der Waals surface area (Å²) in [6, 6.07) is 1.59. The van der Waals surface area contributed by atoms with Crippen LogP contribution in [0.3, 0.4) is 0 Å². The standard InChI is InChI=1S/C9H12N4O2/c1-5-6(2-3-14)9(15)11-8-4-7(10)12-13(5)8/h4,14H,2-3H2,1H3,(H2,10,12)(H,11,15). The molecule has 4 N–H and O–H groups in total. The number of nitrogens with two attached hydrogens (primary N) is 1. The molecule has 0 bridgehead atoms. The number of nitrogen functional groups attached to an aromatic ring is 1. The minimum absolute atomic E-state index is 0.0633. The van der Waals surface area contributed by atoms with Crippen molar-refractivity contribution in [2.75, 3.05) is 12.3 Å². The quantitative estimate of drug-likeness (QED) is 0.616. The first-order chi connectivity index (χ1) is 7.13. The van der Waals surface area contributed by atoms with Crippen molar-refractivity contribution in [2.45, 2.75) is 13.3 Å². The van der Waals surface area contributed by atoms with Gasteiger partial charge in [0.25, 0.3) is 5.56 Å². The molecule has 2 aromatic heterocycles. The fourth-order valence-electron chi connectivity index (χ4n) is 1.63. The van der Waals surface area contributed by atoms with E-state index in [0.29, 0.717) is 29.1 Å². The molecule has 0 spiro atoms. The lowest BCUT2D eigenvalue weighted by atomic mass is 10.2. The van der Waals surface area contributed by atoms with Crippen LogP contribution in [0.5, 0.6) is 0 Å². The van der Waals surface area contributed by atoms with E-state index in [9.17, 15) is 4.79 Å². The van der Waals surface area contributed by atoms with Gasteiger partial charge in [0, 0.05) is 24.7 Å². The van der Waals surface area contributed by atoms with Gasteiger partial charge in [-0.2, -0.15) is 0 Å². The fourth-order valence-corrected chi connectivity index (χ4v) is 1.63. The second kappa shape index (κ2) is 3.39. The van der Waals surface area contributed by atoms with Crippen molar-refractivity contribution >= 4 is 11.5 Å². The number of aromatic nitrogens is 3. The number of anilines is 1. The maximum absolute atomic E-state index is 11.6. The average molecular weight is 208 g/mol. The molecule has 0 saturated heterocycles. The SMILES string of the molecule is Cc1c(CCO)c(=O)[nH]c2cc(N)nn12. The van der Waals surface area contributed by atoms with Gasteiger partial charge in [0.2, 0.25) is 0 Å². The largest absolute Gasteiger partial charge is 0.396 e. The van der Waals surface area contributed by atoms with Crippen LogP contribution in [0.4, 0.5) is 5.82 Å². The number of rotatable bonds is 2. The Morgan fingerprint density at radius 2 is 2.40 bits per heavy atom. The molecule has 0 amide bonds. The van der Waals surface area contributed by atoms with Gasteiger partial charge in [-0.05, 0) is 6.92 Å². The minimum atomic E-state index is -0.200. The van der Waals surface area contributed by atoms with Crippen LogP contribution in [0.15, 0.2) is 10.9 Å². The molecule has 0 saturated carbocycles. The topological polar surface area (TPSA) is 96.4 Å². The average Bonchev–Trinajstić information content (AvgIpc) is 2.53. The molecule has 0 unspecified atom stereocenters. The Kier molecular flexibility index (Phi) is 2.20. The Labute approximate surface area is 85.3 Å². The van der Waals surface area contributed by atoms with E-state index in [1.807, 2.05) is 0 Å². The summed E-state index contributed by atoms with van der Waals surface area (Å²) in [5.74, 6) is 0.356. The molecule has 0 radical (unpaired) electrons. The molecule has 2 rings (SSSR count). The van der Waals surface area contributed by atoms with Crippen LogP contribution < -0.4 is 11.3 Å². The summed E-state index contributed by atoms with van der Waals surface area (Å²) < 4.78 is 1.57. The number of nitrogens with one attached hydrogen (secondary N) is 1. The Morgan fingerprint density at radius 3 is 3.07 bits per heavy atom. The summed E-state index contributed by atoms with van der Waals surface area (Å²) in [7, 11) is 0. The molecule has 6 heteroatoms. The predicted octanol–water partition coefficient (Wildman–Crippen LogP) is -0.552. The highest BCUT2D eigenvalue weighted by molar-refractivity contribution is 5.49. The van der Waals surface area contributed by atoms with Crippen molar-refractivity contribution in [1.29, 1.82) is 0 Å². The summed E-state index contributed by atoms with van der Waals surface area (Å²) in [4.78, 5) is 14.3. The zero-order chi connectivity index (χ0) is 11.0. The second-order valence-electron chi connectivity index (χ2n) is 3.36.